The van der Waals surface area contributed by atoms with Crippen LogP contribution in [-0.4, -0.2) is 46.3 Å². The molecule has 25 heavy (non-hydrogen) atoms. The normalized spacial score (nSPS) is 26.5. The third-order valence-electron chi connectivity index (χ3n) is 5.13. The second kappa shape index (κ2) is 7.60. The fourth-order valence-corrected chi connectivity index (χ4v) is 3.94. The quantitative estimate of drug-likeness (QED) is 0.838. The lowest BCUT2D eigenvalue weighted by Crippen LogP contribution is -2.51. The zero-order valence-corrected chi connectivity index (χ0v) is 14.7. The smallest absolute Gasteiger partial charge is 0.0992 e. The first-order valence-corrected chi connectivity index (χ1v) is 9.09. The van der Waals surface area contributed by atoms with E-state index in [1.54, 1.807) is 0 Å². The van der Waals surface area contributed by atoms with Gasteiger partial charge < -0.3 is 9.47 Å². The van der Waals surface area contributed by atoms with Crippen LogP contribution in [0.15, 0.2) is 42.6 Å². The summed E-state index contributed by atoms with van der Waals surface area (Å²) in [6.07, 6.45) is 4.33. The zero-order chi connectivity index (χ0) is 17.1. The molecule has 0 bridgehead atoms. The number of hydrogen-bond acceptors (Lipinski definition) is 5. The summed E-state index contributed by atoms with van der Waals surface area (Å²) in [5.41, 5.74) is 3.14. The van der Waals surface area contributed by atoms with Gasteiger partial charge in [-0.2, -0.15) is 0 Å². The molecule has 5 heteroatoms. The van der Waals surface area contributed by atoms with E-state index in [1.807, 2.05) is 37.4 Å². The Bertz CT molecular complexity index is 694. The molecule has 5 nitrogen and oxygen atoms in total. The predicted octanol–water partition coefficient (Wildman–Crippen LogP) is 2.73. The summed E-state index contributed by atoms with van der Waals surface area (Å²) in [5, 5.41) is 0. The number of ether oxygens (including phenoxy) is 2. The van der Waals surface area contributed by atoms with Gasteiger partial charge in [0.05, 0.1) is 36.8 Å². The summed E-state index contributed by atoms with van der Waals surface area (Å²) in [4.78, 5) is 11.5. The van der Waals surface area contributed by atoms with Crippen molar-refractivity contribution in [3.05, 3.63) is 59.7 Å². The number of aromatic nitrogens is 2. The maximum Gasteiger partial charge on any atom is 0.0992 e. The average molecular weight is 339 g/mol. The lowest BCUT2D eigenvalue weighted by Gasteiger charge is -2.38. The summed E-state index contributed by atoms with van der Waals surface area (Å²) < 4.78 is 12.3. The summed E-state index contributed by atoms with van der Waals surface area (Å²) in [6.45, 7) is 5.17. The summed E-state index contributed by atoms with van der Waals surface area (Å²) >= 11 is 0. The first-order chi connectivity index (χ1) is 12.3. The largest absolute Gasteiger partial charge is 0.373 e. The van der Waals surface area contributed by atoms with E-state index in [2.05, 4.69) is 27.0 Å². The number of pyridine rings is 2. The number of hydrogen-bond donors (Lipinski definition) is 0. The molecule has 1 saturated carbocycles. The highest BCUT2D eigenvalue weighted by Gasteiger charge is 2.43. The first kappa shape index (κ1) is 16.6. The Hall–Kier alpha value is -1.82. The standard InChI is InChI=1S/C20H25N3O2/c1-15-5-4-7-17(22-15)14-25-19-9-8-18-20(19)24-12-11-23(18)13-16-6-2-3-10-21-16/h2-7,10,18-20H,8-9,11-14H2,1H3/t18-,19+,20+/m0/s1. The Labute approximate surface area is 149 Å². The highest BCUT2D eigenvalue weighted by Crippen LogP contribution is 2.33. The Morgan fingerprint density at radius 1 is 1.16 bits per heavy atom. The molecular formula is C20H25N3O2. The van der Waals surface area contributed by atoms with Crippen LogP contribution in [0.1, 0.15) is 29.9 Å². The minimum atomic E-state index is 0.152. The van der Waals surface area contributed by atoms with Crippen molar-refractivity contribution in [2.24, 2.45) is 0 Å². The van der Waals surface area contributed by atoms with Crippen LogP contribution in [0, 0.1) is 6.92 Å². The fourth-order valence-electron chi connectivity index (χ4n) is 3.94. The fraction of sp³-hybridized carbons (Fsp3) is 0.500. The molecule has 2 fully saturated rings. The van der Waals surface area contributed by atoms with Gasteiger partial charge in [0.2, 0.25) is 0 Å². The van der Waals surface area contributed by atoms with Crippen molar-refractivity contribution in [3.63, 3.8) is 0 Å². The number of fused-ring (bicyclic) bond motifs is 1. The molecule has 0 radical (unpaired) electrons. The third-order valence-corrected chi connectivity index (χ3v) is 5.13. The summed E-state index contributed by atoms with van der Waals surface area (Å²) in [6, 6.07) is 12.6. The minimum absolute atomic E-state index is 0.152. The summed E-state index contributed by atoms with van der Waals surface area (Å²) in [5.74, 6) is 0. The van der Waals surface area contributed by atoms with Crippen LogP contribution in [-0.2, 0) is 22.6 Å². The summed E-state index contributed by atoms with van der Waals surface area (Å²) in [7, 11) is 0. The molecule has 0 unspecified atom stereocenters. The van der Waals surface area contributed by atoms with Crippen LogP contribution in [0.2, 0.25) is 0 Å². The molecule has 3 atom stereocenters. The molecular weight excluding hydrogens is 314 g/mol. The van der Waals surface area contributed by atoms with Gasteiger partial charge in [-0.25, -0.2) is 0 Å². The van der Waals surface area contributed by atoms with Gasteiger partial charge in [-0.3, -0.25) is 14.9 Å². The van der Waals surface area contributed by atoms with E-state index in [4.69, 9.17) is 9.47 Å². The van der Waals surface area contributed by atoms with E-state index in [-0.39, 0.29) is 12.2 Å². The van der Waals surface area contributed by atoms with Crippen LogP contribution < -0.4 is 0 Å². The highest BCUT2D eigenvalue weighted by molar-refractivity contribution is 5.09. The van der Waals surface area contributed by atoms with Gasteiger partial charge in [0, 0.05) is 31.0 Å². The average Bonchev–Trinajstić information content (AvgIpc) is 3.05. The second-order valence-corrected chi connectivity index (χ2v) is 6.89. The molecule has 0 spiro atoms. The highest BCUT2D eigenvalue weighted by atomic mass is 16.5. The van der Waals surface area contributed by atoms with Gasteiger partial charge in [-0.15, -0.1) is 0 Å². The molecule has 4 rings (SSSR count). The number of aryl methyl sites for hydroxylation is 1. The molecule has 1 saturated heterocycles. The molecule has 1 aliphatic heterocycles. The van der Waals surface area contributed by atoms with Crippen LogP contribution in [0.25, 0.3) is 0 Å². The van der Waals surface area contributed by atoms with Crippen molar-refractivity contribution in [3.8, 4) is 0 Å². The maximum atomic E-state index is 6.18. The van der Waals surface area contributed by atoms with Gasteiger partial charge in [-0.1, -0.05) is 12.1 Å². The molecule has 132 valence electrons. The lowest BCUT2D eigenvalue weighted by atomic mass is 10.1. The van der Waals surface area contributed by atoms with Crippen molar-refractivity contribution in [1.82, 2.24) is 14.9 Å². The Kier molecular flexibility index (Phi) is 5.06. The topological polar surface area (TPSA) is 47.5 Å². The molecule has 1 aliphatic carbocycles. The van der Waals surface area contributed by atoms with E-state index in [0.717, 1.165) is 49.6 Å². The van der Waals surface area contributed by atoms with Crippen molar-refractivity contribution in [1.29, 1.82) is 0 Å². The Morgan fingerprint density at radius 3 is 2.92 bits per heavy atom. The first-order valence-electron chi connectivity index (χ1n) is 9.09. The molecule has 3 heterocycles. The molecule has 0 aromatic carbocycles. The van der Waals surface area contributed by atoms with E-state index < -0.39 is 0 Å². The van der Waals surface area contributed by atoms with Crippen molar-refractivity contribution >= 4 is 0 Å². The van der Waals surface area contributed by atoms with E-state index in [9.17, 15) is 0 Å². The SMILES string of the molecule is Cc1cccc(CO[C@@H]2CC[C@H]3[C@H]2OCCN3Cc2ccccn2)n1. The Morgan fingerprint density at radius 2 is 2.08 bits per heavy atom. The number of nitrogens with zero attached hydrogens (tertiary/aromatic N) is 3. The third kappa shape index (κ3) is 3.89. The molecule has 2 aromatic rings. The predicted molar refractivity (Wildman–Crippen MR) is 95.0 cm³/mol. The minimum Gasteiger partial charge on any atom is -0.373 e. The van der Waals surface area contributed by atoms with Gasteiger partial charge in [0.15, 0.2) is 0 Å². The van der Waals surface area contributed by atoms with Crippen molar-refractivity contribution < 1.29 is 9.47 Å². The number of morpholine rings is 1. The number of rotatable bonds is 5. The van der Waals surface area contributed by atoms with Gasteiger partial charge in [0.25, 0.3) is 0 Å². The van der Waals surface area contributed by atoms with Gasteiger partial charge >= 0.3 is 0 Å². The second-order valence-electron chi connectivity index (χ2n) is 6.89. The maximum absolute atomic E-state index is 6.18. The van der Waals surface area contributed by atoms with Crippen LogP contribution in [0.5, 0.6) is 0 Å². The van der Waals surface area contributed by atoms with E-state index in [1.165, 1.54) is 0 Å². The van der Waals surface area contributed by atoms with Crippen LogP contribution in [0.4, 0.5) is 0 Å². The molecule has 0 amide bonds. The molecule has 0 N–H and O–H groups in total. The van der Waals surface area contributed by atoms with E-state index >= 15 is 0 Å². The van der Waals surface area contributed by atoms with Crippen LogP contribution >= 0.6 is 0 Å². The lowest BCUT2D eigenvalue weighted by molar-refractivity contribution is -0.119. The molecule has 2 aliphatic rings. The van der Waals surface area contributed by atoms with Crippen LogP contribution in [0.3, 0.4) is 0 Å². The molecule has 2 aromatic heterocycles. The van der Waals surface area contributed by atoms with E-state index in [0.29, 0.717) is 12.6 Å². The van der Waals surface area contributed by atoms with Crippen molar-refractivity contribution in [2.45, 2.75) is 51.2 Å². The Balaban J connectivity index is 1.37. The monoisotopic (exact) mass is 339 g/mol. The van der Waals surface area contributed by atoms with Gasteiger partial charge in [-0.05, 0) is 44.0 Å². The van der Waals surface area contributed by atoms with Gasteiger partial charge in [0.1, 0.15) is 0 Å². The van der Waals surface area contributed by atoms with Crippen molar-refractivity contribution in [2.75, 3.05) is 13.2 Å². The zero-order valence-electron chi connectivity index (χ0n) is 14.7.